The molecular weight excluding hydrogens is 374 g/mol. The molecule has 1 aliphatic rings. The summed E-state index contributed by atoms with van der Waals surface area (Å²) in [5.41, 5.74) is 3.61. The molecule has 0 saturated carbocycles. The first-order valence-corrected chi connectivity index (χ1v) is 10.3. The van der Waals surface area contributed by atoms with Gasteiger partial charge in [-0.05, 0) is 42.5 Å². The van der Waals surface area contributed by atoms with Crippen molar-refractivity contribution in [2.24, 2.45) is 7.05 Å². The second-order valence-electron chi connectivity index (χ2n) is 7.82. The first-order chi connectivity index (χ1) is 14.7. The number of pyridine rings is 2. The molecule has 150 valence electrons. The number of hydrogen-bond acceptors (Lipinski definition) is 5. The number of ketones is 1. The third kappa shape index (κ3) is 3.56. The topological polar surface area (TPSA) is 63.9 Å². The van der Waals surface area contributed by atoms with Crippen LogP contribution in [0, 0.1) is 0 Å². The van der Waals surface area contributed by atoms with Crippen LogP contribution in [0.25, 0.3) is 22.0 Å². The van der Waals surface area contributed by atoms with Crippen LogP contribution >= 0.6 is 0 Å². The molecule has 0 radical (unpaired) electrons. The van der Waals surface area contributed by atoms with E-state index < -0.39 is 0 Å². The Morgan fingerprint density at radius 1 is 1.00 bits per heavy atom. The summed E-state index contributed by atoms with van der Waals surface area (Å²) in [7, 11) is 1.98. The van der Waals surface area contributed by atoms with E-state index in [0.717, 1.165) is 46.6 Å². The molecule has 1 aliphatic heterocycles. The molecule has 0 spiro atoms. The zero-order valence-electron chi connectivity index (χ0n) is 17.0. The van der Waals surface area contributed by atoms with E-state index >= 15 is 0 Å². The van der Waals surface area contributed by atoms with E-state index in [9.17, 15) is 4.79 Å². The molecule has 4 heterocycles. The van der Waals surface area contributed by atoms with Crippen LogP contribution in [-0.2, 0) is 13.5 Å². The maximum absolute atomic E-state index is 12.9. The smallest absolute Gasteiger partial charge is 0.169 e. The number of Topliss-reactive ketones (excluding diaryl/α,β-unsaturated/α-hetero) is 1. The van der Waals surface area contributed by atoms with Gasteiger partial charge in [0.2, 0.25) is 0 Å². The molecule has 1 aromatic carbocycles. The highest BCUT2D eigenvalue weighted by Crippen LogP contribution is 2.25. The van der Waals surface area contributed by atoms with Gasteiger partial charge in [0.15, 0.2) is 5.78 Å². The molecule has 0 aliphatic carbocycles. The highest BCUT2D eigenvalue weighted by molar-refractivity contribution is 5.98. The van der Waals surface area contributed by atoms with Crippen molar-refractivity contribution in [1.82, 2.24) is 19.5 Å². The fourth-order valence-corrected chi connectivity index (χ4v) is 4.06. The second kappa shape index (κ2) is 7.71. The minimum Gasteiger partial charge on any atom is -0.357 e. The average molecular weight is 397 g/mol. The number of rotatable bonds is 5. The maximum atomic E-state index is 12.9. The van der Waals surface area contributed by atoms with Crippen molar-refractivity contribution in [3.8, 4) is 11.3 Å². The number of fused-ring (bicyclic) bond motifs is 1. The van der Waals surface area contributed by atoms with E-state index in [0.29, 0.717) is 5.56 Å². The van der Waals surface area contributed by atoms with Gasteiger partial charge in [0.1, 0.15) is 5.82 Å². The van der Waals surface area contributed by atoms with Crippen LogP contribution in [0.1, 0.15) is 28.9 Å². The Morgan fingerprint density at radius 3 is 2.67 bits per heavy atom. The molecule has 1 saturated heterocycles. The van der Waals surface area contributed by atoms with E-state index in [-0.39, 0.29) is 12.2 Å². The Balaban J connectivity index is 1.40. The molecule has 6 nitrogen and oxygen atoms in total. The highest BCUT2D eigenvalue weighted by Gasteiger charge is 2.16. The minimum absolute atomic E-state index is 0.0625. The number of carbonyl (C=O) groups excluding carboxylic acids is 1. The fourth-order valence-electron chi connectivity index (χ4n) is 4.06. The van der Waals surface area contributed by atoms with Crippen molar-refractivity contribution in [2.45, 2.75) is 19.3 Å². The van der Waals surface area contributed by atoms with Crippen LogP contribution in [0.15, 0.2) is 61.3 Å². The predicted octanol–water partition coefficient (Wildman–Crippen LogP) is 4.06. The summed E-state index contributed by atoms with van der Waals surface area (Å²) in [6, 6.07) is 12.0. The van der Waals surface area contributed by atoms with Gasteiger partial charge in [-0.1, -0.05) is 12.1 Å². The summed E-state index contributed by atoms with van der Waals surface area (Å²) in [6.45, 7) is 2.02. The van der Waals surface area contributed by atoms with E-state index in [1.807, 2.05) is 36.1 Å². The SMILES string of the molecule is Cn1cncc1-c1ccc2cnc(CC(=O)c3ccnc(N4CCCC4)c3)cc2c1. The van der Waals surface area contributed by atoms with Gasteiger partial charge in [-0.25, -0.2) is 9.97 Å². The number of aryl methyl sites for hydroxylation is 1. The Morgan fingerprint density at radius 2 is 1.87 bits per heavy atom. The Bertz CT molecular complexity index is 1220. The molecule has 0 N–H and O–H groups in total. The summed E-state index contributed by atoms with van der Waals surface area (Å²) in [6.07, 6.45) is 9.86. The molecule has 4 aromatic rings. The number of nitrogens with zero attached hydrogens (tertiary/aromatic N) is 5. The molecular formula is C24H23N5O. The number of imidazole rings is 1. The largest absolute Gasteiger partial charge is 0.357 e. The number of aromatic nitrogens is 4. The monoisotopic (exact) mass is 397 g/mol. The molecule has 0 bridgehead atoms. The zero-order valence-corrected chi connectivity index (χ0v) is 17.0. The minimum atomic E-state index is 0.0625. The van der Waals surface area contributed by atoms with E-state index in [4.69, 9.17) is 0 Å². The van der Waals surface area contributed by atoms with E-state index in [1.165, 1.54) is 12.8 Å². The van der Waals surface area contributed by atoms with Crippen molar-refractivity contribution >= 4 is 22.4 Å². The Labute approximate surface area is 175 Å². The first-order valence-electron chi connectivity index (χ1n) is 10.3. The number of anilines is 1. The van der Waals surface area contributed by atoms with Gasteiger partial charge in [0.25, 0.3) is 0 Å². The van der Waals surface area contributed by atoms with Gasteiger partial charge in [-0.3, -0.25) is 9.78 Å². The maximum Gasteiger partial charge on any atom is 0.169 e. The van der Waals surface area contributed by atoms with Crippen LogP contribution in [0.3, 0.4) is 0 Å². The number of hydrogen-bond donors (Lipinski definition) is 0. The third-order valence-corrected chi connectivity index (χ3v) is 5.73. The Kier molecular flexibility index (Phi) is 4.75. The van der Waals surface area contributed by atoms with Gasteiger partial charge in [-0.2, -0.15) is 0 Å². The van der Waals surface area contributed by atoms with Gasteiger partial charge < -0.3 is 9.47 Å². The van der Waals surface area contributed by atoms with Crippen LogP contribution in [0.4, 0.5) is 5.82 Å². The van der Waals surface area contributed by atoms with Crippen LogP contribution in [0.2, 0.25) is 0 Å². The molecule has 0 unspecified atom stereocenters. The molecule has 0 atom stereocenters. The zero-order chi connectivity index (χ0) is 20.5. The summed E-state index contributed by atoms with van der Waals surface area (Å²) in [5, 5.41) is 2.12. The third-order valence-electron chi connectivity index (χ3n) is 5.73. The lowest BCUT2D eigenvalue weighted by atomic mass is 10.0. The molecule has 0 amide bonds. The second-order valence-corrected chi connectivity index (χ2v) is 7.82. The van der Waals surface area contributed by atoms with Crippen molar-refractivity contribution in [2.75, 3.05) is 18.0 Å². The van der Waals surface area contributed by atoms with Crippen molar-refractivity contribution in [3.05, 3.63) is 72.6 Å². The standard InChI is InChI=1S/C24H23N5O/c1-28-16-25-15-22(28)17-4-5-19-14-27-21(11-20(19)10-17)13-23(30)18-6-7-26-24(12-18)29-8-2-3-9-29/h4-7,10-12,14-16H,2-3,8-9,13H2,1H3. The van der Waals surface area contributed by atoms with Crippen molar-refractivity contribution < 1.29 is 4.79 Å². The van der Waals surface area contributed by atoms with Crippen LogP contribution in [-0.4, -0.2) is 38.4 Å². The quantitative estimate of drug-likeness (QED) is 0.475. The first kappa shape index (κ1) is 18.5. The average Bonchev–Trinajstić information content (AvgIpc) is 3.45. The summed E-state index contributed by atoms with van der Waals surface area (Å²) in [5.74, 6) is 0.957. The summed E-state index contributed by atoms with van der Waals surface area (Å²) in [4.78, 5) is 28.3. The van der Waals surface area contributed by atoms with E-state index in [2.05, 4.69) is 38.1 Å². The molecule has 6 heteroatoms. The highest BCUT2D eigenvalue weighted by atomic mass is 16.1. The van der Waals surface area contributed by atoms with E-state index in [1.54, 1.807) is 18.6 Å². The van der Waals surface area contributed by atoms with Gasteiger partial charge >= 0.3 is 0 Å². The van der Waals surface area contributed by atoms with Crippen molar-refractivity contribution in [3.63, 3.8) is 0 Å². The Hall–Kier alpha value is -3.54. The molecule has 5 rings (SSSR count). The molecule has 3 aromatic heterocycles. The lowest BCUT2D eigenvalue weighted by Gasteiger charge is -2.16. The fraction of sp³-hybridized carbons (Fsp3) is 0.250. The summed E-state index contributed by atoms with van der Waals surface area (Å²) < 4.78 is 1.99. The van der Waals surface area contributed by atoms with Gasteiger partial charge in [-0.15, -0.1) is 0 Å². The van der Waals surface area contributed by atoms with Crippen LogP contribution < -0.4 is 4.90 Å². The van der Waals surface area contributed by atoms with Gasteiger partial charge in [0, 0.05) is 54.7 Å². The predicted molar refractivity (Wildman–Crippen MR) is 118 cm³/mol. The number of carbonyl (C=O) groups is 1. The van der Waals surface area contributed by atoms with Crippen LogP contribution in [0.5, 0.6) is 0 Å². The summed E-state index contributed by atoms with van der Waals surface area (Å²) >= 11 is 0. The number of benzene rings is 1. The lowest BCUT2D eigenvalue weighted by Crippen LogP contribution is -2.19. The van der Waals surface area contributed by atoms with Crippen molar-refractivity contribution in [1.29, 1.82) is 0 Å². The van der Waals surface area contributed by atoms with Gasteiger partial charge in [0.05, 0.1) is 24.6 Å². The molecule has 1 fully saturated rings. The normalized spacial score (nSPS) is 13.8. The molecule has 30 heavy (non-hydrogen) atoms. The lowest BCUT2D eigenvalue weighted by molar-refractivity contribution is 0.0992.